The van der Waals surface area contributed by atoms with E-state index in [0.29, 0.717) is 16.2 Å². The minimum Gasteiger partial charge on any atom is -0.387 e. The zero-order valence-corrected chi connectivity index (χ0v) is 12.3. The minimum absolute atomic E-state index is 0.148. The zero-order chi connectivity index (χ0) is 14.4. The van der Waals surface area contributed by atoms with Crippen LogP contribution in [-0.4, -0.2) is 17.6 Å². The van der Waals surface area contributed by atoms with Crippen LogP contribution in [0.1, 0.15) is 38.9 Å². The molecule has 3 nitrogen and oxygen atoms in total. The summed E-state index contributed by atoms with van der Waals surface area (Å²) in [5.74, 6) is -0.148. The maximum absolute atomic E-state index is 11.9. The number of benzene rings is 1. The van der Waals surface area contributed by atoms with E-state index in [1.165, 1.54) is 0 Å². The van der Waals surface area contributed by atoms with Crippen molar-refractivity contribution in [2.45, 2.75) is 33.3 Å². The molecule has 0 spiro atoms. The van der Waals surface area contributed by atoms with E-state index in [9.17, 15) is 9.90 Å². The van der Waals surface area contributed by atoms with Gasteiger partial charge in [-0.1, -0.05) is 42.3 Å². The van der Waals surface area contributed by atoms with Crippen LogP contribution in [0.15, 0.2) is 35.4 Å². The molecule has 0 heterocycles. The molecule has 0 bridgehead atoms. The molecule has 1 unspecified atom stereocenters. The summed E-state index contributed by atoms with van der Waals surface area (Å²) in [6.45, 7) is 5.87. The fraction of sp³-hybridized carbons (Fsp3) is 0.400. The second kappa shape index (κ2) is 7.31. The molecule has 0 fully saturated rings. The summed E-state index contributed by atoms with van der Waals surface area (Å²) >= 11 is 5.99. The van der Waals surface area contributed by atoms with Gasteiger partial charge in [-0.05, 0) is 26.3 Å². The van der Waals surface area contributed by atoms with E-state index in [2.05, 4.69) is 5.32 Å². The van der Waals surface area contributed by atoms with Gasteiger partial charge in [-0.3, -0.25) is 4.79 Å². The Morgan fingerprint density at radius 1 is 1.37 bits per heavy atom. The molecule has 1 amide bonds. The largest absolute Gasteiger partial charge is 0.387 e. The molecule has 19 heavy (non-hydrogen) atoms. The highest BCUT2D eigenvalue weighted by atomic mass is 35.5. The number of hydrogen-bond acceptors (Lipinski definition) is 2. The van der Waals surface area contributed by atoms with E-state index in [4.69, 9.17) is 11.6 Å². The lowest BCUT2D eigenvalue weighted by Gasteiger charge is -2.14. The Kier molecular flexibility index (Phi) is 6.06. The van der Waals surface area contributed by atoms with Gasteiger partial charge in [0, 0.05) is 22.7 Å². The third kappa shape index (κ3) is 4.37. The van der Waals surface area contributed by atoms with Crippen molar-refractivity contribution >= 4 is 17.5 Å². The van der Waals surface area contributed by atoms with Crippen molar-refractivity contribution in [2.24, 2.45) is 0 Å². The first-order valence-corrected chi connectivity index (χ1v) is 6.72. The molecule has 0 aliphatic carbocycles. The fourth-order valence-electron chi connectivity index (χ4n) is 1.64. The molecule has 0 saturated carbocycles. The van der Waals surface area contributed by atoms with Crippen molar-refractivity contribution in [1.82, 2.24) is 5.32 Å². The summed E-state index contributed by atoms with van der Waals surface area (Å²) in [6.07, 6.45) is 0.0409. The van der Waals surface area contributed by atoms with Crippen molar-refractivity contribution in [3.63, 3.8) is 0 Å². The van der Waals surface area contributed by atoms with Crippen LogP contribution in [0.5, 0.6) is 0 Å². The molecule has 4 heteroatoms. The number of allylic oxidation sites excluding steroid dienone is 1. The first kappa shape index (κ1) is 15.7. The summed E-state index contributed by atoms with van der Waals surface area (Å²) in [5, 5.41) is 13.2. The van der Waals surface area contributed by atoms with Gasteiger partial charge in [0.25, 0.3) is 0 Å². The second-order valence-electron chi connectivity index (χ2n) is 4.51. The van der Waals surface area contributed by atoms with Crippen LogP contribution in [0.4, 0.5) is 0 Å². The van der Waals surface area contributed by atoms with Crippen LogP contribution < -0.4 is 5.32 Å². The molecule has 0 aromatic heterocycles. The third-order valence-electron chi connectivity index (χ3n) is 3.23. The summed E-state index contributed by atoms with van der Waals surface area (Å²) < 4.78 is 0. The second-order valence-corrected chi connectivity index (χ2v) is 4.91. The predicted octanol–water partition coefficient (Wildman–Crippen LogP) is 3.24. The van der Waals surface area contributed by atoms with Crippen molar-refractivity contribution < 1.29 is 9.90 Å². The van der Waals surface area contributed by atoms with Gasteiger partial charge < -0.3 is 10.4 Å². The predicted molar refractivity (Wildman–Crippen MR) is 78.1 cm³/mol. The molecule has 0 aliphatic rings. The van der Waals surface area contributed by atoms with Crippen molar-refractivity contribution in [3.8, 4) is 0 Å². The minimum atomic E-state index is -0.799. The number of hydrogen-bond donors (Lipinski definition) is 2. The Balaban J connectivity index is 2.63. The van der Waals surface area contributed by atoms with E-state index in [-0.39, 0.29) is 12.5 Å². The summed E-state index contributed by atoms with van der Waals surface area (Å²) in [5.41, 5.74) is 2.37. The molecular formula is C15H20ClNO2. The lowest BCUT2D eigenvalue weighted by Crippen LogP contribution is -2.29. The Labute approximate surface area is 119 Å². The highest BCUT2D eigenvalue weighted by Gasteiger charge is 2.13. The highest BCUT2D eigenvalue weighted by molar-refractivity contribution is 6.31. The van der Waals surface area contributed by atoms with Gasteiger partial charge in [-0.25, -0.2) is 0 Å². The van der Waals surface area contributed by atoms with Crippen LogP contribution in [0.3, 0.4) is 0 Å². The van der Waals surface area contributed by atoms with E-state index in [1.807, 2.05) is 13.8 Å². The van der Waals surface area contributed by atoms with E-state index in [0.717, 1.165) is 12.0 Å². The summed E-state index contributed by atoms with van der Waals surface area (Å²) in [4.78, 5) is 11.9. The molecule has 1 atom stereocenters. The fourth-order valence-corrected chi connectivity index (χ4v) is 1.90. The zero-order valence-electron chi connectivity index (χ0n) is 11.5. The molecule has 1 aromatic carbocycles. The van der Waals surface area contributed by atoms with E-state index >= 15 is 0 Å². The number of aliphatic hydroxyl groups is 1. The standard InChI is InChI=1S/C15H20ClNO2/c1-4-10(2)11(3)15(19)17-9-14(18)12-7-5-6-8-13(12)16/h5-8,14,18H,4,9H2,1-3H3,(H,17,19)/b11-10-. The normalized spacial score (nSPS) is 13.7. The molecule has 1 rings (SSSR count). The molecule has 104 valence electrons. The van der Waals surface area contributed by atoms with Gasteiger partial charge in [0.05, 0.1) is 6.10 Å². The lowest BCUT2D eigenvalue weighted by atomic mass is 10.1. The number of rotatable bonds is 5. The molecule has 0 aliphatic heterocycles. The molecule has 1 aromatic rings. The van der Waals surface area contributed by atoms with Gasteiger partial charge in [-0.2, -0.15) is 0 Å². The quantitative estimate of drug-likeness (QED) is 0.814. The van der Waals surface area contributed by atoms with Crippen molar-refractivity contribution in [3.05, 3.63) is 46.0 Å². The number of carbonyl (C=O) groups is 1. The maximum Gasteiger partial charge on any atom is 0.246 e. The third-order valence-corrected chi connectivity index (χ3v) is 3.58. The number of aliphatic hydroxyl groups excluding tert-OH is 1. The number of halogens is 1. The van der Waals surface area contributed by atoms with Gasteiger partial charge in [-0.15, -0.1) is 0 Å². The maximum atomic E-state index is 11.9. The van der Waals surface area contributed by atoms with Crippen LogP contribution >= 0.6 is 11.6 Å². The SMILES string of the molecule is CC/C(C)=C(/C)C(=O)NCC(O)c1ccccc1Cl. The molecule has 2 N–H and O–H groups in total. The number of carbonyl (C=O) groups excluding carboxylic acids is 1. The number of amides is 1. The van der Waals surface area contributed by atoms with Gasteiger partial charge >= 0.3 is 0 Å². The van der Waals surface area contributed by atoms with Crippen molar-refractivity contribution in [2.75, 3.05) is 6.54 Å². The first-order chi connectivity index (χ1) is 8.97. The van der Waals surface area contributed by atoms with E-state index in [1.54, 1.807) is 31.2 Å². The number of nitrogens with one attached hydrogen (secondary N) is 1. The Morgan fingerprint density at radius 2 is 2.00 bits per heavy atom. The highest BCUT2D eigenvalue weighted by Crippen LogP contribution is 2.21. The molecular weight excluding hydrogens is 262 g/mol. The Hall–Kier alpha value is -1.32. The van der Waals surface area contributed by atoms with Crippen LogP contribution in [0, 0.1) is 0 Å². The monoisotopic (exact) mass is 281 g/mol. The van der Waals surface area contributed by atoms with Crippen LogP contribution in [-0.2, 0) is 4.79 Å². The van der Waals surface area contributed by atoms with E-state index < -0.39 is 6.10 Å². The topological polar surface area (TPSA) is 49.3 Å². The van der Waals surface area contributed by atoms with Crippen LogP contribution in [0.25, 0.3) is 0 Å². The molecule has 0 radical (unpaired) electrons. The van der Waals surface area contributed by atoms with Gasteiger partial charge in [0.1, 0.15) is 0 Å². The lowest BCUT2D eigenvalue weighted by molar-refractivity contribution is -0.118. The summed E-state index contributed by atoms with van der Waals surface area (Å²) in [6, 6.07) is 7.07. The Morgan fingerprint density at radius 3 is 2.58 bits per heavy atom. The molecule has 0 saturated heterocycles. The smallest absolute Gasteiger partial charge is 0.246 e. The average Bonchev–Trinajstić information content (AvgIpc) is 2.43. The van der Waals surface area contributed by atoms with Crippen LogP contribution in [0.2, 0.25) is 5.02 Å². The Bertz CT molecular complexity index is 483. The summed E-state index contributed by atoms with van der Waals surface area (Å²) in [7, 11) is 0. The van der Waals surface area contributed by atoms with Gasteiger partial charge in [0.15, 0.2) is 0 Å². The first-order valence-electron chi connectivity index (χ1n) is 6.34. The van der Waals surface area contributed by atoms with Gasteiger partial charge in [0.2, 0.25) is 5.91 Å². The average molecular weight is 282 g/mol. The van der Waals surface area contributed by atoms with Crippen molar-refractivity contribution in [1.29, 1.82) is 0 Å².